The summed E-state index contributed by atoms with van der Waals surface area (Å²) < 4.78 is 0. The molecule has 0 bridgehead atoms. The molecule has 1 aliphatic heterocycles. The number of hydrogen-bond donors (Lipinski definition) is 1. The fourth-order valence-electron chi connectivity index (χ4n) is 2.18. The zero-order valence-electron chi connectivity index (χ0n) is 11.0. The summed E-state index contributed by atoms with van der Waals surface area (Å²) in [6, 6.07) is 8.54. The molecule has 3 nitrogen and oxygen atoms in total. The molecule has 0 spiro atoms. The van der Waals surface area contributed by atoms with E-state index in [9.17, 15) is 0 Å². The number of nitrogens with one attached hydrogen (secondary N) is 1. The smallest absolute Gasteiger partial charge is 0.169 e. The average Bonchev–Trinajstić information content (AvgIpc) is 2.86. The molecule has 1 heterocycles. The average molecular weight is 281 g/mol. The lowest BCUT2D eigenvalue weighted by Crippen LogP contribution is -2.37. The minimum absolute atomic E-state index is 0.323. The third kappa shape index (κ3) is 2.57. The van der Waals surface area contributed by atoms with Gasteiger partial charge in [0, 0.05) is 44.7 Å². The number of rotatable bonds is 2. The van der Waals surface area contributed by atoms with Crippen LogP contribution in [0.2, 0.25) is 0 Å². The van der Waals surface area contributed by atoms with Crippen molar-refractivity contribution in [3.8, 4) is 0 Å². The lowest BCUT2D eigenvalue weighted by molar-refractivity contribution is 0.446. The van der Waals surface area contributed by atoms with E-state index < -0.39 is 0 Å². The number of hydrogen-bond acceptors (Lipinski definition) is 3. The predicted molar refractivity (Wildman–Crippen MR) is 84.3 cm³/mol. The molecular formula is C13H19N3S2. The van der Waals surface area contributed by atoms with Gasteiger partial charge in [0.05, 0.1) is 0 Å². The first-order valence-corrected chi connectivity index (χ1v) is 7.47. The quantitative estimate of drug-likeness (QED) is 0.836. The van der Waals surface area contributed by atoms with Crippen molar-refractivity contribution in [2.75, 3.05) is 38.3 Å². The summed E-state index contributed by atoms with van der Waals surface area (Å²) in [5, 5.41) is 4.24. The van der Waals surface area contributed by atoms with Crippen molar-refractivity contribution in [3.63, 3.8) is 0 Å². The zero-order valence-corrected chi connectivity index (χ0v) is 12.6. The van der Waals surface area contributed by atoms with Crippen molar-refractivity contribution in [3.05, 3.63) is 29.8 Å². The Morgan fingerprint density at radius 3 is 2.83 bits per heavy atom. The van der Waals surface area contributed by atoms with Gasteiger partial charge < -0.3 is 15.1 Å². The van der Waals surface area contributed by atoms with Gasteiger partial charge in [-0.1, -0.05) is 18.2 Å². The number of benzene rings is 1. The zero-order chi connectivity index (χ0) is 13.1. The second kappa shape index (κ2) is 5.80. The molecule has 2 rings (SSSR count). The summed E-state index contributed by atoms with van der Waals surface area (Å²) in [5.41, 5.74) is 2.60. The van der Waals surface area contributed by atoms with Gasteiger partial charge in [0.1, 0.15) is 5.37 Å². The van der Waals surface area contributed by atoms with E-state index >= 15 is 0 Å². The molecule has 1 atom stereocenters. The highest BCUT2D eigenvalue weighted by Crippen LogP contribution is 2.41. The fraction of sp³-hybridized carbons (Fsp3) is 0.462. The minimum atomic E-state index is 0.323. The molecule has 0 radical (unpaired) electrons. The number of thioether (sulfide) groups is 1. The fourth-order valence-corrected chi connectivity index (χ4v) is 3.74. The Bertz CT molecular complexity index is 434. The van der Waals surface area contributed by atoms with Crippen molar-refractivity contribution in [1.82, 2.24) is 10.2 Å². The van der Waals surface area contributed by atoms with Crippen LogP contribution >= 0.6 is 24.0 Å². The Balaban J connectivity index is 2.33. The van der Waals surface area contributed by atoms with Gasteiger partial charge in [-0.15, -0.1) is 11.8 Å². The van der Waals surface area contributed by atoms with Gasteiger partial charge in [0.25, 0.3) is 0 Å². The van der Waals surface area contributed by atoms with Gasteiger partial charge in [-0.25, -0.2) is 0 Å². The molecule has 98 valence electrons. The maximum absolute atomic E-state index is 5.39. The summed E-state index contributed by atoms with van der Waals surface area (Å²) >= 11 is 7.34. The molecule has 1 saturated heterocycles. The molecule has 1 aliphatic rings. The molecular weight excluding hydrogens is 262 g/mol. The number of anilines is 1. The Morgan fingerprint density at radius 2 is 2.17 bits per heavy atom. The van der Waals surface area contributed by atoms with Gasteiger partial charge in [-0.2, -0.15) is 0 Å². The van der Waals surface area contributed by atoms with Crippen LogP contribution < -0.4 is 10.2 Å². The van der Waals surface area contributed by atoms with Crippen LogP contribution in [0.5, 0.6) is 0 Å². The van der Waals surface area contributed by atoms with Gasteiger partial charge in [-0.05, 0) is 18.3 Å². The third-order valence-electron chi connectivity index (χ3n) is 3.05. The van der Waals surface area contributed by atoms with E-state index in [0.717, 1.165) is 17.4 Å². The molecule has 1 aromatic rings. The number of para-hydroxylation sites is 1. The first-order valence-electron chi connectivity index (χ1n) is 6.01. The topological polar surface area (TPSA) is 18.5 Å². The molecule has 1 unspecified atom stereocenters. The van der Waals surface area contributed by atoms with Gasteiger partial charge in [-0.3, -0.25) is 0 Å². The molecule has 0 aromatic heterocycles. The van der Waals surface area contributed by atoms with Crippen LogP contribution in [0.25, 0.3) is 0 Å². The van der Waals surface area contributed by atoms with E-state index in [-0.39, 0.29) is 0 Å². The van der Waals surface area contributed by atoms with E-state index in [1.54, 1.807) is 0 Å². The van der Waals surface area contributed by atoms with Crippen LogP contribution in [-0.4, -0.2) is 43.5 Å². The molecule has 1 aromatic carbocycles. The number of thiocarbonyl (C=S) groups is 1. The van der Waals surface area contributed by atoms with E-state index in [1.807, 2.05) is 18.8 Å². The van der Waals surface area contributed by atoms with Crippen molar-refractivity contribution >= 4 is 34.8 Å². The Labute approximate surface area is 119 Å². The van der Waals surface area contributed by atoms with Gasteiger partial charge in [0.2, 0.25) is 0 Å². The largest absolute Gasteiger partial charge is 0.377 e. The summed E-state index contributed by atoms with van der Waals surface area (Å²) in [6.45, 7) is 1.01. The van der Waals surface area contributed by atoms with E-state index in [0.29, 0.717) is 5.37 Å². The highest BCUT2D eigenvalue weighted by Gasteiger charge is 2.30. The van der Waals surface area contributed by atoms with Crippen molar-refractivity contribution < 1.29 is 0 Å². The van der Waals surface area contributed by atoms with E-state index in [1.165, 1.54) is 11.3 Å². The van der Waals surface area contributed by atoms with Crippen LogP contribution in [0.3, 0.4) is 0 Å². The maximum atomic E-state index is 5.39. The molecule has 0 aliphatic carbocycles. The highest BCUT2D eigenvalue weighted by molar-refractivity contribution is 7.99. The Morgan fingerprint density at radius 1 is 1.44 bits per heavy atom. The lowest BCUT2D eigenvalue weighted by Gasteiger charge is -2.29. The predicted octanol–water partition coefficient (Wildman–Crippen LogP) is 2.30. The van der Waals surface area contributed by atoms with Crippen LogP contribution in [0.4, 0.5) is 5.69 Å². The standard InChI is InChI=1S/C13H19N3S2/c1-14-13(17)16-8-9-18-12(16)10-6-4-5-7-11(10)15(2)3/h4-7,12H,8-9H2,1-3H3,(H,14,17). The van der Waals surface area contributed by atoms with Crippen LogP contribution in [0.15, 0.2) is 24.3 Å². The maximum Gasteiger partial charge on any atom is 0.169 e. The summed E-state index contributed by atoms with van der Waals surface area (Å²) in [6.07, 6.45) is 0. The van der Waals surface area contributed by atoms with Crippen molar-refractivity contribution in [2.24, 2.45) is 0 Å². The van der Waals surface area contributed by atoms with E-state index in [4.69, 9.17) is 12.2 Å². The second-order valence-corrected chi connectivity index (χ2v) is 6.00. The van der Waals surface area contributed by atoms with Crippen LogP contribution in [0, 0.1) is 0 Å². The SMILES string of the molecule is CNC(=S)N1CCSC1c1ccccc1N(C)C. The van der Waals surface area contributed by atoms with Crippen LogP contribution in [-0.2, 0) is 0 Å². The lowest BCUT2D eigenvalue weighted by atomic mass is 10.1. The molecule has 5 heteroatoms. The second-order valence-electron chi connectivity index (χ2n) is 4.42. The van der Waals surface area contributed by atoms with E-state index in [2.05, 4.69) is 53.5 Å². The van der Waals surface area contributed by atoms with Crippen molar-refractivity contribution in [1.29, 1.82) is 0 Å². The van der Waals surface area contributed by atoms with Crippen LogP contribution in [0.1, 0.15) is 10.9 Å². The van der Waals surface area contributed by atoms with Gasteiger partial charge >= 0.3 is 0 Å². The Hall–Kier alpha value is -0.940. The third-order valence-corrected chi connectivity index (χ3v) is 4.73. The first-order chi connectivity index (χ1) is 8.65. The monoisotopic (exact) mass is 281 g/mol. The summed E-state index contributed by atoms with van der Waals surface area (Å²) in [4.78, 5) is 4.43. The van der Waals surface area contributed by atoms with Gasteiger partial charge in [0.15, 0.2) is 5.11 Å². The summed E-state index contributed by atoms with van der Waals surface area (Å²) in [7, 11) is 6.05. The Kier molecular flexibility index (Phi) is 4.35. The first kappa shape index (κ1) is 13.5. The molecule has 18 heavy (non-hydrogen) atoms. The normalized spacial score (nSPS) is 18.8. The minimum Gasteiger partial charge on any atom is -0.377 e. The molecule has 0 saturated carbocycles. The summed E-state index contributed by atoms with van der Waals surface area (Å²) in [5.74, 6) is 1.12. The molecule has 0 amide bonds. The van der Waals surface area contributed by atoms with Crippen molar-refractivity contribution in [2.45, 2.75) is 5.37 Å². The molecule has 1 N–H and O–H groups in total. The molecule has 1 fully saturated rings. The highest BCUT2D eigenvalue weighted by atomic mass is 32.2. The number of nitrogens with zero attached hydrogens (tertiary/aromatic N) is 2.